The summed E-state index contributed by atoms with van der Waals surface area (Å²) in [6.45, 7) is 2.14. The van der Waals surface area contributed by atoms with Gasteiger partial charge in [-0.25, -0.2) is 0 Å². The van der Waals surface area contributed by atoms with E-state index in [1.807, 2.05) is 36.4 Å². The molecule has 6 heteroatoms. The van der Waals surface area contributed by atoms with Gasteiger partial charge in [0, 0.05) is 30.6 Å². The normalized spacial score (nSPS) is 10.2. The Morgan fingerprint density at radius 2 is 1.80 bits per heavy atom. The maximum atomic E-state index is 12.2. The van der Waals surface area contributed by atoms with Crippen molar-refractivity contribution in [1.29, 1.82) is 0 Å². The number of nitrogens with zero attached hydrogens (tertiary/aromatic N) is 1. The molecule has 2 amide bonds. The minimum atomic E-state index is -0.227. The van der Waals surface area contributed by atoms with Crippen LogP contribution in [0.3, 0.4) is 0 Å². The smallest absolute Gasteiger partial charge is 0.239 e. The Bertz CT molecular complexity index is 732. The number of para-hydroxylation sites is 1. The van der Waals surface area contributed by atoms with Gasteiger partial charge >= 0.3 is 0 Å². The summed E-state index contributed by atoms with van der Waals surface area (Å²) >= 11 is 5.86. The number of methoxy groups -OCH3 is 1. The highest BCUT2D eigenvalue weighted by atomic mass is 35.5. The molecule has 0 aliphatic rings. The number of hydrogen-bond donors (Lipinski definition) is 1. The third-order valence-corrected chi connectivity index (χ3v) is 3.99. The lowest BCUT2D eigenvalue weighted by molar-refractivity contribution is -0.135. The summed E-state index contributed by atoms with van der Waals surface area (Å²) in [5, 5.41) is 3.45. The lowest BCUT2D eigenvalue weighted by Crippen LogP contribution is -2.39. The Morgan fingerprint density at radius 3 is 2.44 bits per heavy atom. The number of carbonyl (C=O) groups excluding carboxylic acids is 2. The Kier molecular flexibility index (Phi) is 6.83. The number of carbonyl (C=O) groups is 2. The fourth-order valence-corrected chi connectivity index (χ4v) is 2.49. The molecule has 0 fully saturated rings. The number of hydrogen-bond acceptors (Lipinski definition) is 3. The Morgan fingerprint density at radius 1 is 1.12 bits per heavy atom. The van der Waals surface area contributed by atoms with Crippen LogP contribution in [0.2, 0.25) is 5.02 Å². The molecule has 25 heavy (non-hydrogen) atoms. The Hall–Kier alpha value is -2.53. The van der Waals surface area contributed by atoms with E-state index in [1.54, 1.807) is 19.2 Å². The second-order valence-electron chi connectivity index (χ2n) is 5.59. The van der Waals surface area contributed by atoms with E-state index in [1.165, 1.54) is 11.8 Å². The first-order valence-corrected chi connectivity index (χ1v) is 8.26. The second-order valence-corrected chi connectivity index (χ2v) is 6.03. The van der Waals surface area contributed by atoms with E-state index in [0.717, 1.165) is 11.1 Å². The molecule has 1 N–H and O–H groups in total. The van der Waals surface area contributed by atoms with Gasteiger partial charge in [-0.2, -0.15) is 0 Å². The summed E-state index contributed by atoms with van der Waals surface area (Å²) in [5.41, 5.74) is 1.79. The van der Waals surface area contributed by atoms with Crippen molar-refractivity contribution >= 4 is 23.4 Å². The van der Waals surface area contributed by atoms with Crippen LogP contribution in [0.1, 0.15) is 18.1 Å². The second kappa shape index (κ2) is 9.08. The van der Waals surface area contributed by atoms with Crippen molar-refractivity contribution in [3.8, 4) is 5.75 Å². The van der Waals surface area contributed by atoms with Crippen LogP contribution in [0.25, 0.3) is 0 Å². The molecular formula is C19H21ClN2O3. The van der Waals surface area contributed by atoms with Crippen LogP contribution in [0.4, 0.5) is 0 Å². The van der Waals surface area contributed by atoms with Gasteiger partial charge in [-0.05, 0) is 23.8 Å². The number of nitrogens with one attached hydrogen (secondary N) is 1. The molecule has 0 bridgehead atoms. The van der Waals surface area contributed by atoms with Crippen LogP contribution >= 0.6 is 11.6 Å². The van der Waals surface area contributed by atoms with Gasteiger partial charge in [-0.3, -0.25) is 9.59 Å². The first kappa shape index (κ1) is 18.8. The fourth-order valence-electron chi connectivity index (χ4n) is 2.36. The molecule has 0 aliphatic carbocycles. The van der Waals surface area contributed by atoms with Gasteiger partial charge in [0.05, 0.1) is 13.7 Å². The molecule has 0 aromatic heterocycles. The summed E-state index contributed by atoms with van der Waals surface area (Å²) in [6, 6.07) is 14.7. The van der Waals surface area contributed by atoms with E-state index in [2.05, 4.69) is 5.32 Å². The van der Waals surface area contributed by atoms with E-state index >= 15 is 0 Å². The van der Waals surface area contributed by atoms with Gasteiger partial charge in [0.1, 0.15) is 5.75 Å². The maximum Gasteiger partial charge on any atom is 0.239 e. The predicted molar refractivity (Wildman–Crippen MR) is 97.4 cm³/mol. The quantitative estimate of drug-likeness (QED) is 0.825. The van der Waals surface area contributed by atoms with E-state index in [-0.39, 0.29) is 18.4 Å². The zero-order chi connectivity index (χ0) is 18.2. The SMILES string of the molecule is COc1ccccc1CNC(=O)CN(Cc1ccc(Cl)cc1)C(C)=O. The summed E-state index contributed by atoms with van der Waals surface area (Å²) in [5.74, 6) is 0.324. The highest BCUT2D eigenvalue weighted by molar-refractivity contribution is 6.30. The first-order valence-electron chi connectivity index (χ1n) is 7.88. The van der Waals surface area contributed by atoms with Crippen molar-refractivity contribution in [3.63, 3.8) is 0 Å². The van der Waals surface area contributed by atoms with Gasteiger partial charge in [-0.15, -0.1) is 0 Å². The Labute approximate surface area is 152 Å². The van der Waals surface area contributed by atoms with Crippen LogP contribution in [0.15, 0.2) is 48.5 Å². The van der Waals surface area contributed by atoms with E-state index in [4.69, 9.17) is 16.3 Å². The lowest BCUT2D eigenvalue weighted by atomic mass is 10.2. The maximum absolute atomic E-state index is 12.2. The molecule has 2 aromatic rings. The van der Waals surface area contributed by atoms with Gasteiger partial charge in [0.15, 0.2) is 0 Å². The number of ether oxygens (including phenoxy) is 1. The van der Waals surface area contributed by atoms with Gasteiger partial charge in [-0.1, -0.05) is 41.9 Å². The highest BCUT2D eigenvalue weighted by Gasteiger charge is 2.14. The summed E-state index contributed by atoms with van der Waals surface area (Å²) in [4.78, 5) is 25.5. The molecule has 132 valence electrons. The monoisotopic (exact) mass is 360 g/mol. The largest absolute Gasteiger partial charge is 0.496 e. The number of benzene rings is 2. The van der Waals surface area contributed by atoms with Gasteiger partial charge in [0.25, 0.3) is 0 Å². The molecule has 2 rings (SSSR count). The van der Waals surface area contributed by atoms with Crippen molar-refractivity contribution in [3.05, 3.63) is 64.7 Å². The molecule has 0 saturated heterocycles. The molecular weight excluding hydrogens is 340 g/mol. The average molecular weight is 361 g/mol. The Balaban J connectivity index is 1.93. The number of amides is 2. The minimum Gasteiger partial charge on any atom is -0.496 e. The van der Waals surface area contributed by atoms with Gasteiger partial charge < -0.3 is 15.0 Å². The highest BCUT2D eigenvalue weighted by Crippen LogP contribution is 2.16. The summed E-state index contributed by atoms with van der Waals surface area (Å²) in [6.07, 6.45) is 0. The topological polar surface area (TPSA) is 58.6 Å². The van der Waals surface area contributed by atoms with Crippen molar-refractivity contribution < 1.29 is 14.3 Å². The van der Waals surface area contributed by atoms with Gasteiger partial charge in [0.2, 0.25) is 11.8 Å². The third kappa shape index (κ3) is 5.80. The number of rotatable bonds is 7. The van der Waals surface area contributed by atoms with E-state index < -0.39 is 0 Å². The van der Waals surface area contributed by atoms with E-state index in [9.17, 15) is 9.59 Å². The van der Waals surface area contributed by atoms with Crippen LogP contribution in [0.5, 0.6) is 5.75 Å². The van der Waals surface area contributed by atoms with Crippen LogP contribution in [-0.2, 0) is 22.7 Å². The molecule has 0 spiro atoms. The summed E-state index contributed by atoms with van der Waals surface area (Å²) in [7, 11) is 1.59. The van der Waals surface area contributed by atoms with Crippen LogP contribution < -0.4 is 10.1 Å². The average Bonchev–Trinajstić information content (AvgIpc) is 2.61. The minimum absolute atomic E-state index is 0.00684. The number of halogens is 1. The zero-order valence-corrected chi connectivity index (χ0v) is 15.0. The van der Waals surface area contributed by atoms with Crippen LogP contribution in [-0.4, -0.2) is 30.4 Å². The molecule has 5 nitrogen and oxygen atoms in total. The molecule has 0 atom stereocenters. The van der Waals surface area contributed by atoms with Crippen molar-refractivity contribution in [2.75, 3.05) is 13.7 Å². The van der Waals surface area contributed by atoms with E-state index in [0.29, 0.717) is 23.9 Å². The zero-order valence-electron chi connectivity index (χ0n) is 14.3. The molecule has 0 aliphatic heterocycles. The van der Waals surface area contributed by atoms with Crippen molar-refractivity contribution in [2.24, 2.45) is 0 Å². The predicted octanol–water partition coefficient (Wildman–Crippen LogP) is 3.01. The first-order chi connectivity index (χ1) is 12.0. The molecule has 0 radical (unpaired) electrons. The van der Waals surface area contributed by atoms with Crippen LogP contribution in [0, 0.1) is 0 Å². The van der Waals surface area contributed by atoms with Crippen molar-refractivity contribution in [1.82, 2.24) is 10.2 Å². The van der Waals surface area contributed by atoms with Crippen molar-refractivity contribution in [2.45, 2.75) is 20.0 Å². The third-order valence-electron chi connectivity index (χ3n) is 3.74. The summed E-state index contributed by atoms with van der Waals surface area (Å²) < 4.78 is 5.26. The molecule has 0 saturated carbocycles. The molecule has 0 unspecified atom stereocenters. The molecule has 2 aromatic carbocycles. The molecule has 0 heterocycles. The standard InChI is InChI=1S/C19H21ClN2O3/c1-14(23)22(12-15-7-9-17(20)10-8-15)13-19(24)21-11-16-5-3-4-6-18(16)25-2/h3-10H,11-13H2,1-2H3,(H,21,24). The lowest BCUT2D eigenvalue weighted by Gasteiger charge is -2.21. The fraction of sp³-hybridized carbons (Fsp3) is 0.263.